The molecule has 1 aromatic carbocycles. The molecule has 0 radical (unpaired) electrons. The fourth-order valence-corrected chi connectivity index (χ4v) is 2.46. The fraction of sp³-hybridized carbons (Fsp3) is 0.312. The highest BCUT2D eigenvalue weighted by molar-refractivity contribution is 5.92. The number of amides is 1. The number of benzene rings is 1. The maximum absolute atomic E-state index is 13.3. The van der Waals surface area contributed by atoms with E-state index in [1.807, 2.05) is 0 Å². The van der Waals surface area contributed by atoms with E-state index in [1.165, 1.54) is 30.6 Å². The molecule has 0 aliphatic carbocycles. The van der Waals surface area contributed by atoms with Crippen LogP contribution in [0.5, 0.6) is 5.75 Å². The van der Waals surface area contributed by atoms with Crippen molar-refractivity contribution in [1.82, 2.24) is 15.3 Å². The van der Waals surface area contributed by atoms with Crippen molar-refractivity contribution in [2.75, 3.05) is 13.2 Å². The van der Waals surface area contributed by atoms with Crippen LogP contribution in [0.2, 0.25) is 0 Å². The third-order valence-electron chi connectivity index (χ3n) is 3.63. The normalized spacial score (nSPS) is 20.4. The molecule has 0 spiro atoms. The molecule has 126 valence electrons. The zero-order valence-electron chi connectivity index (χ0n) is 12.7. The Labute approximate surface area is 136 Å². The number of H-pyrrole nitrogens is 1. The zero-order valence-corrected chi connectivity index (χ0v) is 12.7. The molecule has 7 nitrogen and oxygen atoms in total. The molecule has 0 saturated carbocycles. The first kappa shape index (κ1) is 16.1. The topological polar surface area (TPSA) is 93.3 Å². The quantitative estimate of drug-likeness (QED) is 0.866. The SMILES string of the molecule is O=C(N[C@@H]1CCOC[C@H]1Oc1cccc(F)c1)c1ncc[nH]c1=O. The number of carbonyl (C=O) groups excluding carboxylic acids is 1. The molecule has 2 aromatic rings. The molecule has 0 bridgehead atoms. The Morgan fingerprint density at radius 1 is 1.46 bits per heavy atom. The number of carbonyl (C=O) groups is 1. The van der Waals surface area contributed by atoms with E-state index >= 15 is 0 Å². The molecule has 1 saturated heterocycles. The third-order valence-corrected chi connectivity index (χ3v) is 3.63. The molecule has 1 aromatic heterocycles. The summed E-state index contributed by atoms with van der Waals surface area (Å²) in [6.07, 6.45) is 2.70. The first-order valence-corrected chi connectivity index (χ1v) is 7.48. The van der Waals surface area contributed by atoms with Gasteiger partial charge in [-0.25, -0.2) is 9.37 Å². The van der Waals surface area contributed by atoms with Crippen molar-refractivity contribution in [3.63, 3.8) is 0 Å². The van der Waals surface area contributed by atoms with Crippen molar-refractivity contribution >= 4 is 5.91 Å². The minimum atomic E-state index is -0.586. The van der Waals surface area contributed by atoms with Crippen LogP contribution in [0.1, 0.15) is 16.9 Å². The van der Waals surface area contributed by atoms with Gasteiger partial charge in [-0.05, 0) is 18.6 Å². The molecule has 2 heterocycles. The van der Waals surface area contributed by atoms with Crippen LogP contribution in [-0.4, -0.2) is 41.2 Å². The van der Waals surface area contributed by atoms with Crippen LogP contribution >= 0.6 is 0 Å². The molecule has 1 aliphatic heterocycles. The molecule has 24 heavy (non-hydrogen) atoms. The summed E-state index contributed by atoms with van der Waals surface area (Å²) in [5, 5.41) is 2.74. The van der Waals surface area contributed by atoms with Gasteiger partial charge in [0.2, 0.25) is 0 Å². The lowest BCUT2D eigenvalue weighted by Crippen LogP contribution is -2.52. The molecule has 3 rings (SSSR count). The Morgan fingerprint density at radius 2 is 2.33 bits per heavy atom. The standard InChI is InChI=1S/C16H16FN3O4/c17-10-2-1-3-11(8-10)24-13-9-23-7-4-12(13)20-16(22)14-15(21)19-6-5-18-14/h1-3,5-6,8,12-13H,4,7,9H2,(H,19,21)(H,20,22)/t12-,13-/m1/s1. The molecule has 1 fully saturated rings. The van der Waals surface area contributed by atoms with E-state index in [-0.39, 0.29) is 18.3 Å². The third kappa shape index (κ3) is 3.77. The van der Waals surface area contributed by atoms with Crippen LogP contribution in [0.4, 0.5) is 4.39 Å². The summed E-state index contributed by atoms with van der Waals surface area (Å²) >= 11 is 0. The zero-order chi connectivity index (χ0) is 16.9. The first-order chi connectivity index (χ1) is 11.6. The summed E-state index contributed by atoms with van der Waals surface area (Å²) in [6, 6.07) is 5.36. The van der Waals surface area contributed by atoms with Crippen molar-refractivity contribution in [3.05, 3.63) is 58.5 Å². The number of aromatic nitrogens is 2. The molecule has 8 heteroatoms. The minimum Gasteiger partial charge on any atom is -0.486 e. The number of aromatic amines is 1. The van der Waals surface area contributed by atoms with E-state index in [9.17, 15) is 14.0 Å². The van der Waals surface area contributed by atoms with Gasteiger partial charge in [0.25, 0.3) is 11.5 Å². The molecular formula is C16H16FN3O4. The van der Waals surface area contributed by atoms with Gasteiger partial charge < -0.3 is 19.8 Å². The largest absolute Gasteiger partial charge is 0.486 e. The van der Waals surface area contributed by atoms with Crippen molar-refractivity contribution in [3.8, 4) is 5.75 Å². The van der Waals surface area contributed by atoms with E-state index in [0.717, 1.165) is 0 Å². The average Bonchev–Trinajstić information content (AvgIpc) is 2.57. The summed E-state index contributed by atoms with van der Waals surface area (Å²) < 4.78 is 24.4. The van der Waals surface area contributed by atoms with Gasteiger partial charge in [0.15, 0.2) is 5.69 Å². The minimum absolute atomic E-state index is 0.214. The summed E-state index contributed by atoms with van der Waals surface area (Å²) in [5.41, 5.74) is -0.779. The van der Waals surface area contributed by atoms with E-state index < -0.39 is 23.4 Å². The molecule has 1 aliphatic rings. The highest BCUT2D eigenvalue weighted by Gasteiger charge is 2.30. The average molecular weight is 333 g/mol. The van der Waals surface area contributed by atoms with Gasteiger partial charge in [0.1, 0.15) is 17.7 Å². The predicted molar refractivity (Wildman–Crippen MR) is 82.4 cm³/mol. The fourth-order valence-electron chi connectivity index (χ4n) is 2.46. The van der Waals surface area contributed by atoms with Gasteiger partial charge >= 0.3 is 0 Å². The van der Waals surface area contributed by atoms with E-state index in [1.54, 1.807) is 6.07 Å². The number of nitrogens with zero attached hydrogens (tertiary/aromatic N) is 1. The molecule has 0 unspecified atom stereocenters. The Kier molecular flexibility index (Phi) is 4.85. The summed E-state index contributed by atoms with van der Waals surface area (Å²) in [4.78, 5) is 30.1. The second kappa shape index (κ2) is 7.22. The van der Waals surface area contributed by atoms with E-state index in [4.69, 9.17) is 9.47 Å². The Balaban J connectivity index is 1.71. The highest BCUT2D eigenvalue weighted by atomic mass is 19.1. The van der Waals surface area contributed by atoms with E-state index in [0.29, 0.717) is 18.8 Å². The predicted octanol–water partition coefficient (Wildman–Crippen LogP) is 0.875. The van der Waals surface area contributed by atoms with Gasteiger partial charge in [-0.3, -0.25) is 9.59 Å². The molecule has 2 N–H and O–H groups in total. The smallest absolute Gasteiger partial charge is 0.279 e. The maximum Gasteiger partial charge on any atom is 0.279 e. The van der Waals surface area contributed by atoms with Gasteiger partial charge in [-0.15, -0.1) is 0 Å². The maximum atomic E-state index is 13.3. The number of rotatable bonds is 4. The lowest BCUT2D eigenvalue weighted by atomic mass is 10.1. The Bertz CT molecular complexity index is 780. The highest BCUT2D eigenvalue weighted by Crippen LogP contribution is 2.18. The monoisotopic (exact) mass is 333 g/mol. The van der Waals surface area contributed by atoms with Crippen molar-refractivity contribution in [1.29, 1.82) is 0 Å². The Morgan fingerprint density at radius 3 is 3.12 bits per heavy atom. The lowest BCUT2D eigenvalue weighted by molar-refractivity contribution is -0.0136. The van der Waals surface area contributed by atoms with Crippen LogP contribution in [0, 0.1) is 5.82 Å². The molecule has 2 atom stereocenters. The van der Waals surface area contributed by atoms with Crippen molar-refractivity contribution < 1.29 is 18.7 Å². The van der Waals surface area contributed by atoms with Crippen LogP contribution in [0.25, 0.3) is 0 Å². The summed E-state index contributed by atoms with van der Waals surface area (Å²) in [7, 11) is 0. The lowest BCUT2D eigenvalue weighted by Gasteiger charge is -2.32. The van der Waals surface area contributed by atoms with Gasteiger partial charge in [-0.1, -0.05) is 6.07 Å². The van der Waals surface area contributed by atoms with Gasteiger partial charge in [0.05, 0.1) is 12.6 Å². The number of nitrogens with one attached hydrogen (secondary N) is 2. The first-order valence-electron chi connectivity index (χ1n) is 7.48. The van der Waals surface area contributed by atoms with Crippen molar-refractivity contribution in [2.24, 2.45) is 0 Å². The van der Waals surface area contributed by atoms with Gasteiger partial charge in [0, 0.05) is 25.1 Å². The number of halogens is 1. The summed E-state index contributed by atoms with van der Waals surface area (Å²) in [6.45, 7) is 0.701. The van der Waals surface area contributed by atoms with Crippen LogP contribution < -0.4 is 15.6 Å². The van der Waals surface area contributed by atoms with Crippen LogP contribution in [0.15, 0.2) is 41.5 Å². The van der Waals surface area contributed by atoms with Crippen LogP contribution in [0.3, 0.4) is 0 Å². The number of hydrogen-bond acceptors (Lipinski definition) is 5. The van der Waals surface area contributed by atoms with Gasteiger partial charge in [-0.2, -0.15) is 0 Å². The van der Waals surface area contributed by atoms with E-state index in [2.05, 4.69) is 15.3 Å². The number of hydrogen-bond donors (Lipinski definition) is 2. The molecule has 1 amide bonds. The Hall–Kier alpha value is -2.74. The second-order valence-corrected chi connectivity index (χ2v) is 5.32. The molecular weight excluding hydrogens is 317 g/mol. The second-order valence-electron chi connectivity index (χ2n) is 5.32. The summed E-state index contributed by atoms with van der Waals surface area (Å²) in [5.74, 6) is -0.651. The van der Waals surface area contributed by atoms with Crippen LogP contribution in [-0.2, 0) is 4.74 Å². The van der Waals surface area contributed by atoms with Crippen molar-refractivity contribution in [2.45, 2.75) is 18.6 Å². The number of ether oxygens (including phenoxy) is 2.